The number of benzene rings is 2. The van der Waals surface area contributed by atoms with Crippen LogP contribution in [-0.2, 0) is 10.0 Å². The van der Waals surface area contributed by atoms with Gasteiger partial charge in [-0.25, -0.2) is 13.1 Å². The van der Waals surface area contributed by atoms with Gasteiger partial charge in [-0.2, -0.15) is 0 Å². The second-order valence-corrected chi connectivity index (χ2v) is 8.51. The maximum atomic E-state index is 12.7. The fourth-order valence-corrected chi connectivity index (χ4v) is 4.36. The van der Waals surface area contributed by atoms with Crippen LogP contribution in [-0.4, -0.2) is 32.7 Å². The zero-order chi connectivity index (χ0) is 18.1. The van der Waals surface area contributed by atoms with Gasteiger partial charge in [0.25, 0.3) is 5.91 Å². The molecule has 0 atom stereocenters. The molecule has 1 amide bonds. The minimum absolute atomic E-state index is 0.269. The van der Waals surface area contributed by atoms with Crippen LogP contribution in [0.15, 0.2) is 54.6 Å². The first kappa shape index (κ1) is 17.3. The maximum absolute atomic E-state index is 12.7. The summed E-state index contributed by atoms with van der Waals surface area (Å²) in [4.78, 5) is 14.2. The van der Waals surface area contributed by atoms with E-state index in [1.165, 1.54) is 12.1 Å². The summed E-state index contributed by atoms with van der Waals surface area (Å²) in [5, 5.41) is 0. The van der Waals surface area contributed by atoms with E-state index >= 15 is 0 Å². The minimum atomic E-state index is -3.78. The number of carbonyl (C=O) groups is 1. The second-order valence-electron chi connectivity index (χ2n) is 6.43. The number of hydrogen-bond donors (Lipinski definition) is 2. The summed E-state index contributed by atoms with van der Waals surface area (Å²) in [6, 6.07) is 15.7. The molecule has 1 saturated carbocycles. The Labute approximate surface area is 147 Å². The van der Waals surface area contributed by atoms with Gasteiger partial charge >= 0.3 is 0 Å². The van der Waals surface area contributed by atoms with Gasteiger partial charge in [0, 0.05) is 30.5 Å². The standard InChI is InChI=1S/C18H21N3O3S/c1-21(16-5-3-2-4-6-16)13-18(11-12-18)25(23,24)20-17(22)14-7-9-15(19)10-8-14/h2-10H,11-13,19H2,1H3,(H,20,22). The Morgan fingerprint density at radius 3 is 2.28 bits per heavy atom. The van der Waals surface area contributed by atoms with Crippen LogP contribution in [0.1, 0.15) is 23.2 Å². The monoisotopic (exact) mass is 359 g/mol. The predicted molar refractivity (Wildman–Crippen MR) is 98.9 cm³/mol. The van der Waals surface area contributed by atoms with E-state index in [4.69, 9.17) is 5.73 Å². The molecule has 25 heavy (non-hydrogen) atoms. The molecule has 2 aromatic carbocycles. The van der Waals surface area contributed by atoms with Crippen LogP contribution in [0.5, 0.6) is 0 Å². The zero-order valence-electron chi connectivity index (χ0n) is 14.0. The Bertz CT molecular complexity index is 860. The highest BCUT2D eigenvalue weighted by atomic mass is 32.2. The van der Waals surface area contributed by atoms with E-state index < -0.39 is 20.7 Å². The van der Waals surface area contributed by atoms with Crippen molar-refractivity contribution < 1.29 is 13.2 Å². The van der Waals surface area contributed by atoms with Crippen molar-refractivity contribution in [1.29, 1.82) is 0 Å². The van der Waals surface area contributed by atoms with Crippen LogP contribution in [0, 0.1) is 0 Å². The lowest BCUT2D eigenvalue weighted by Gasteiger charge is -2.25. The molecule has 1 fully saturated rings. The SMILES string of the molecule is CN(CC1(S(=O)(=O)NC(=O)c2ccc(N)cc2)CC1)c1ccccc1. The molecule has 0 aliphatic heterocycles. The number of anilines is 2. The van der Waals surface area contributed by atoms with Crippen LogP contribution in [0.3, 0.4) is 0 Å². The summed E-state index contributed by atoms with van der Waals surface area (Å²) in [7, 11) is -1.93. The van der Waals surface area contributed by atoms with E-state index in [9.17, 15) is 13.2 Å². The number of nitrogen functional groups attached to an aromatic ring is 1. The first-order valence-corrected chi connectivity index (χ1v) is 9.50. The van der Waals surface area contributed by atoms with Crippen molar-refractivity contribution in [2.45, 2.75) is 17.6 Å². The van der Waals surface area contributed by atoms with Crippen molar-refractivity contribution in [1.82, 2.24) is 4.72 Å². The maximum Gasteiger partial charge on any atom is 0.264 e. The normalized spacial score (nSPS) is 15.4. The van der Waals surface area contributed by atoms with E-state index in [0.717, 1.165) is 5.69 Å². The average molecular weight is 359 g/mol. The molecule has 1 aliphatic carbocycles. The van der Waals surface area contributed by atoms with E-state index in [-0.39, 0.29) is 5.56 Å². The largest absolute Gasteiger partial charge is 0.399 e. The van der Waals surface area contributed by atoms with Crippen molar-refractivity contribution in [2.75, 3.05) is 24.2 Å². The predicted octanol–water partition coefficient (Wildman–Crippen LogP) is 2.00. The van der Waals surface area contributed by atoms with Crippen LogP contribution >= 0.6 is 0 Å². The van der Waals surface area contributed by atoms with Gasteiger partial charge in [-0.05, 0) is 49.2 Å². The Balaban J connectivity index is 1.73. The van der Waals surface area contributed by atoms with Crippen LogP contribution in [0.25, 0.3) is 0 Å². The van der Waals surface area contributed by atoms with Crippen molar-refractivity contribution in [3.8, 4) is 0 Å². The molecular weight excluding hydrogens is 338 g/mol. The van der Waals surface area contributed by atoms with Gasteiger partial charge in [-0.15, -0.1) is 0 Å². The summed E-state index contributed by atoms with van der Waals surface area (Å²) in [5.74, 6) is -0.631. The fourth-order valence-electron chi connectivity index (χ4n) is 2.78. The molecule has 1 aliphatic rings. The van der Waals surface area contributed by atoms with Crippen LogP contribution in [0.2, 0.25) is 0 Å². The minimum Gasteiger partial charge on any atom is -0.399 e. The number of carbonyl (C=O) groups excluding carboxylic acids is 1. The molecule has 0 spiro atoms. The molecule has 0 bridgehead atoms. The second kappa shape index (κ2) is 6.40. The summed E-state index contributed by atoms with van der Waals surface area (Å²) < 4.78 is 26.8. The fraction of sp³-hybridized carbons (Fsp3) is 0.278. The summed E-state index contributed by atoms with van der Waals surface area (Å²) >= 11 is 0. The van der Waals surface area contributed by atoms with Gasteiger partial charge in [-0.1, -0.05) is 18.2 Å². The van der Waals surface area contributed by atoms with Crippen LogP contribution < -0.4 is 15.4 Å². The molecule has 2 aromatic rings. The number of amides is 1. The lowest BCUT2D eigenvalue weighted by molar-refractivity contribution is 0.0981. The van der Waals surface area contributed by atoms with Crippen molar-refractivity contribution in [2.24, 2.45) is 0 Å². The van der Waals surface area contributed by atoms with Gasteiger partial charge in [0.1, 0.15) is 4.75 Å². The highest BCUT2D eigenvalue weighted by Gasteiger charge is 2.55. The first-order chi connectivity index (χ1) is 11.8. The van der Waals surface area contributed by atoms with Crippen molar-refractivity contribution >= 4 is 27.3 Å². The molecule has 0 aromatic heterocycles. The van der Waals surface area contributed by atoms with E-state index in [1.54, 1.807) is 12.1 Å². The summed E-state index contributed by atoms with van der Waals surface area (Å²) in [5.41, 5.74) is 7.31. The molecule has 7 heteroatoms. The topological polar surface area (TPSA) is 92.5 Å². The summed E-state index contributed by atoms with van der Waals surface area (Å²) in [6.07, 6.45) is 1.07. The number of para-hydroxylation sites is 1. The number of sulfonamides is 1. The number of nitrogens with zero attached hydrogens (tertiary/aromatic N) is 1. The molecule has 0 unspecified atom stereocenters. The van der Waals surface area contributed by atoms with Crippen molar-refractivity contribution in [3.63, 3.8) is 0 Å². The molecule has 0 heterocycles. The molecule has 132 valence electrons. The van der Waals surface area contributed by atoms with E-state index in [0.29, 0.717) is 25.1 Å². The van der Waals surface area contributed by atoms with Gasteiger partial charge in [0.2, 0.25) is 10.0 Å². The third-order valence-corrected chi connectivity index (χ3v) is 6.63. The first-order valence-electron chi connectivity index (χ1n) is 8.01. The van der Waals surface area contributed by atoms with E-state index in [2.05, 4.69) is 4.72 Å². The molecule has 3 rings (SSSR count). The van der Waals surface area contributed by atoms with Crippen molar-refractivity contribution in [3.05, 3.63) is 60.2 Å². The average Bonchev–Trinajstić information content (AvgIpc) is 3.37. The number of hydrogen-bond acceptors (Lipinski definition) is 5. The highest BCUT2D eigenvalue weighted by Crippen LogP contribution is 2.44. The third-order valence-electron chi connectivity index (χ3n) is 4.50. The molecular formula is C18H21N3O3S. The van der Waals surface area contributed by atoms with Gasteiger partial charge < -0.3 is 10.6 Å². The van der Waals surface area contributed by atoms with Gasteiger partial charge in [0.05, 0.1) is 0 Å². The van der Waals surface area contributed by atoms with Gasteiger partial charge in [-0.3, -0.25) is 4.79 Å². The Hall–Kier alpha value is -2.54. The van der Waals surface area contributed by atoms with Crippen LogP contribution in [0.4, 0.5) is 11.4 Å². The zero-order valence-corrected chi connectivity index (χ0v) is 14.8. The number of nitrogens with two attached hydrogens (primary N) is 1. The smallest absolute Gasteiger partial charge is 0.264 e. The highest BCUT2D eigenvalue weighted by molar-refractivity contribution is 7.91. The Morgan fingerprint density at radius 1 is 1.12 bits per heavy atom. The molecule has 3 N–H and O–H groups in total. The molecule has 0 radical (unpaired) electrons. The third kappa shape index (κ3) is 3.61. The number of rotatable bonds is 6. The molecule has 0 saturated heterocycles. The lowest BCUT2D eigenvalue weighted by Crippen LogP contribution is -2.45. The number of nitrogens with one attached hydrogen (secondary N) is 1. The molecule has 6 nitrogen and oxygen atoms in total. The van der Waals surface area contributed by atoms with E-state index in [1.807, 2.05) is 42.3 Å². The quantitative estimate of drug-likeness (QED) is 0.770. The Morgan fingerprint density at radius 2 is 1.72 bits per heavy atom. The van der Waals surface area contributed by atoms with Gasteiger partial charge in [0.15, 0.2) is 0 Å². The summed E-state index contributed by atoms with van der Waals surface area (Å²) in [6.45, 7) is 0.335. The Kier molecular flexibility index (Phi) is 4.43. The lowest BCUT2D eigenvalue weighted by atomic mass is 10.2.